The second-order valence-electron chi connectivity index (χ2n) is 6.37. The van der Waals surface area contributed by atoms with E-state index in [0.29, 0.717) is 34.1 Å². The minimum absolute atomic E-state index is 0.191. The van der Waals surface area contributed by atoms with Crippen molar-refractivity contribution in [2.45, 2.75) is 40.3 Å². The van der Waals surface area contributed by atoms with E-state index in [0.717, 1.165) is 5.56 Å². The van der Waals surface area contributed by atoms with Crippen LogP contribution in [-0.4, -0.2) is 34.9 Å². The number of nitrogens with zero attached hydrogens (tertiary/aromatic N) is 1. The standard InChI is InChI=1S/C19H23ClN2O3/c1-11(2)25-19(24)16-12(3)17(21-13(16)4)18(23)22(5)10-14-7-6-8-15(20)9-14/h6-9,11,21H,10H2,1-5H3. The number of aromatic nitrogens is 1. The quantitative estimate of drug-likeness (QED) is 0.814. The Labute approximate surface area is 152 Å². The van der Waals surface area contributed by atoms with Crippen LogP contribution in [0.25, 0.3) is 0 Å². The molecule has 0 fully saturated rings. The first-order valence-corrected chi connectivity index (χ1v) is 8.48. The molecular weight excluding hydrogens is 340 g/mol. The Bertz CT molecular complexity index is 796. The van der Waals surface area contributed by atoms with Gasteiger partial charge in [-0.05, 0) is 51.0 Å². The number of H-pyrrole nitrogens is 1. The molecule has 6 heteroatoms. The monoisotopic (exact) mass is 362 g/mol. The van der Waals surface area contributed by atoms with Crippen molar-refractivity contribution in [2.24, 2.45) is 0 Å². The Kier molecular flexibility index (Phi) is 5.90. The third kappa shape index (κ3) is 4.42. The summed E-state index contributed by atoms with van der Waals surface area (Å²) in [5.41, 5.74) is 2.99. The third-order valence-electron chi connectivity index (χ3n) is 3.85. The molecule has 0 unspecified atom stereocenters. The van der Waals surface area contributed by atoms with Gasteiger partial charge in [-0.2, -0.15) is 0 Å². The van der Waals surface area contributed by atoms with E-state index in [4.69, 9.17) is 16.3 Å². The Morgan fingerprint density at radius 2 is 1.96 bits per heavy atom. The maximum absolute atomic E-state index is 12.8. The van der Waals surface area contributed by atoms with Gasteiger partial charge in [-0.15, -0.1) is 0 Å². The fourth-order valence-corrected chi connectivity index (χ4v) is 2.93. The molecule has 0 spiro atoms. The Morgan fingerprint density at radius 1 is 1.28 bits per heavy atom. The largest absolute Gasteiger partial charge is 0.459 e. The zero-order valence-electron chi connectivity index (χ0n) is 15.1. The average molecular weight is 363 g/mol. The van der Waals surface area contributed by atoms with Crippen molar-refractivity contribution >= 4 is 23.5 Å². The smallest absolute Gasteiger partial charge is 0.340 e. The predicted molar refractivity (Wildman–Crippen MR) is 98.1 cm³/mol. The molecule has 1 N–H and O–H groups in total. The van der Waals surface area contributed by atoms with Crippen LogP contribution < -0.4 is 0 Å². The zero-order chi connectivity index (χ0) is 18.7. The van der Waals surface area contributed by atoms with E-state index >= 15 is 0 Å². The normalized spacial score (nSPS) is 10.8. The molecule has 1 aromatic carbocycles. The summed E-state index contributed by atoms with van der Waals surface area (Å²) in [7, 11) is 1.71. The molecule has 1 aromatic heterocycles. The first-order valence-electron chi connectivity index (χ1n) is 8.10. The van der Waals surface area contributed by atoms with E-state index in [2.05, 4.69) is 4.98 Å². The van der Waals surface area contributed by atoms with Gasteiger partial charge in [0.05, 0.1) is 11.7 Å². The summed E-state index contributed by atoms with van der Waals surface area (Å²) in [4.78, 5) is 29.6. The van der Waals surface area contributed by atoms with Gasteiger partial charge in [0, 0.05) is 24.3 Å². The molecule has 0 saturated heterocycles. The third-order valence-corrected chi connectivity index (χ3v) is 4.09. The molecule has 1 heterocycles. The van der Waals surface area contributed by atoms with E-state index < -0.39 is 5.97 Å². The van der Waals surface area contributed by atoms with Gasteiger partial charge in [0.15, 0.2) is 0 Å². The number of ether oxygens (including phenoxy) is 1. The number of hydrogen-bond donors (Lipinski definition) is 1. The lowest BCUT2D eigenvalue weighted by molar-refractivity contribution is 0.0376. The van der Waals surface area contributed by atoms with E-state index in [-0.39, 0.29) is 12.0 Å². The summed E-state index contributed by atoms with van der Waals surface area (Å²) in [6.45, 7) is 7.52. The fraction of sp³-hybridized carbons (Fsp3) is 0.368. The number of halogens is 1. The second-order valence-corrected chi connectivity index (χ2v) is 6.81. The van der Waals surface area contributed by atoms with Gasteiger partial charge in [0.2, 0.25) is 0 Å². The first kappa shape index (κ1) is 19.1. The highest BCUT2D eigenvalue weighted by atomic mass is 35.5. The van der Waals surface area contributed by atoms with Crippen molar-refractivity contribution in [3.8, 4) is 0 Å². The summed E-state index contributed by atoms with van der Waals surface area (Å²) >= 11 is 5.99. The van der Waals surface area contributed by atoms with Gasteiger partial charge >= 0.3 is 5.97 Å². The lowest BCUT2D eigenvalue weighted by atomic mass is 10.1. The molecule has 0 saturated carbocycles. The van der Waals surface area contributed by atoms with Crippen molar-refractivity contribution in [1.29, 1.82) is 0 Å². The molecule has 0 aliphatic heterocycles. The number of carbonyl (C=O) groups excluding carboxylic acids is 2. The van der Waals surface area contributed by atoms with Gasteiger partial charge in [0.25, 0.3) is 5.91 Å². The molecule has 1 amide bonds. The van der Waals surface area contributed by atoms with E-state index in [1.54, 1.807) is 45.7 Å². The highest BCUT2D eigenvalue weighted by Crippen LogP contribution is 2.21. The molecule has 2 rings (SSSR count). The van der Waals surface area contributed by atoms with Crippen LogP contribution in [0.4, 0.5) is 0 Å². The Morgan fingerprint density at radius 3 is 2.56 bits per heavy atom. The van der Waals surface area contributed by atoms with Gasteiger partial charge in [-0.1, -0.05) is 23.7 Å². The maximum atomic E-state index is 12.8. The number of rotatable bonds is 5. The molecule has 2 aromatic rings. The summed E-state index contributed by atoms with van der Waals surface area (Å²) in [6.07, 6.45) is -0.217. The van der Waals surface area contributed by atoms with Crippen LogP contribution >= 0.6 is 11.6 Å². The molecule has 0 radical (unpaired) electrons. The summed E-state index contributed by atoms with van der Waals surface area (Å²) in [6, 6.07) is 7.37. The van der Waals surface area contributed by atoms with Crippen molar-refractivity contribution in [3.63, 3.8) is 0 Å². The van der Waals surface area contributed by atoms with Crippen LogP contribution in [-0.2, 0) is 11.3 Å². The highest BCUT2D eigenvalue weighted by molar-refractivity contribution is 6.30. The van der Waals surface area contributed by atoms with Crippen LogP contribution in [0.3, 0.4) is 0 Å². The SMILES string of the molecule is Cc1[nH]c(C(=O)N(C)Cc2cccc(Cl)c2)c(C)c1C(=O)OC(C)C. The number of esters is 1. The summed E-state index contributed by atoms with van der Waals surface area (Å²) < 4.78 is 5.26. The van der Waals surface area contributed by atoms with Crippen molar-refractivity contribution in [2.75, 3.05) is 7.05 Å². The molecule has 0 aliphatic rings. The van der Waals surface area contributed by atoms with Gasteiger partial charge in [-0.25, -0.2) is 4.79 Å². The number of aryl methyl sites for hydroxylation is 1. The van der Waals surface area contributed by atoms with Crippen LogP contribution in [0, 0.1) is 13.8 Å². The number of carbonyl (C=O) groups is 2. The number of hydrogen-bond acceptors (Lipinski definition) is 3. The van der Waals surface area contributed by atoms with Crippen molar-refractivity contribution in [3.05, 3.63) is 57.4 Å². The zero-order valence-corrected chi connectivity index (χ0v) is 15.9. The van der Waals surface area contributed by atoms with Gasteiger partial charge in [-0.3, -0.25) is 4.79 Å². The van der Waals surface area contributed by atoms with E-state index in [1.807, 2.05) is 18.2 Å². The molecular formula is C19H23ClN2O3. The number of nitrogens with one attached hydrogen (secondary N) is 1. The maximum Gasteiger partial charge on any atom is 0.340 e. The Balaban J connectivity index is 2.23. The molecule has 25 heavy (non-hydrogen) atoms. The van der Waals surface area contributed by atoms with Crippen LogP contribution in [0.15, 0.2) is 24.3 Å². The summed E-state index contributed by atoms with van der Waals surface area (Å²) in [5.74, 6) is -0.609. The first-order chi connectivity index (χ1) is 11.7. The van der Waals surface area contributed by atoms with Gasteiger partial charge < -0.3 is 14.6 Å². The van der Waals surface area contributed by atoms with E-state index in [1.165, 1.54) is 0 Å². The highest BCUT2D eigenvalue weighted by Gasteiger charge is 2.25. The fourth-order valence-electron chi connectivity index (χ4n) is 2.71. The van der Waals surface area contributed by atoms with Crippen molar-refractivity contribution < 1.29 is 14.3 Å². The molecule has 134 valence electrons. The predicted octanol–water partition coefficient (Wildman–Crippen LogP) is 4.12. The van der Waals surface area contributed by atoms with Gasteiger partial charge in [0.1, 0.15) is 5.69 Å². The minimum Gasteiger partial charge on any atom is -0.459 e. The molecule has 0 bridgehead atoms. The summed E-state index contributed by atoms with van der Waals surface area (Å²) in [5, 5.41) is 0.629. The minimum atomic E-state index is -0.419. The average Bonchev–Trinajstić information content (AvgIpc) is 2.80. The number of aromatic amines is 1. The van der Waals surface area contributed by atoms with E-state index in [9.17, 15) is 9.59 Å². The second kappa shape index (κ2) is 7.74. The lowest BCUT2D eigenvalue weighted by Gasteiger charge is -2.17. The Hall–Kier alpha value is -2.27. The number of amides is 1. The van der Waals surface area contributed by atoms with Crippen LogP contribution in [0.1, 0.15) is 51.5 Å². The van der Waals surface area contributed by atoms with Crippen LogP contribution in [0.5, 0.6) is 0 Å². The van der Waals surface area contributed by atoms with Crippen molar-refractivity contribution in [1.82, 2.24) is 9.88 Å². The molecule has 0 atom stereocenters. The number of benzene rings is 1. The van der Waals surface area contributed by atoms with Crippen LogP contribution in [0.2, 0.25) is 5.02 Å². The molecule has 0 aliphatic carbocycles. The topological polar surface area (TPSA) is 62.4 Å². The molecule has 5 nitrogen and oxygen atoms in total. The lowest BCUT2D eigenvalue weighted by Crippen LogP contribution is -2.27.